The Balaban J connectivity index is 0. The first-order valence-corrected chi connectivity index (χ1v) is 6.79. The van der Waals surface area contributed by atoms with Crippen molar-refractivity contribution in [2.45, 2.75) is 19.9 Å². The van der Waals surface area contributed by atoms with Crippen LogP contribution in [0.5, 0.6) is 0 Å². The smallest absolute Gasteiger partial charge is 0.323 e. The van der Waals surface area contributed by atoms with Crippen LogP contribution >= 0.6 is 24.8 Å². The molecule has 1 aliphatic rings. The van der Waals surface area contributed by atoms with Crippen LogP contribution in [0.3, 0.4) is 0 Å². The lowest BCUT2D eigenvalue weighted by molar-refractivity contribution is -0.149. The maximum Gasteiger partial charge on any atom is 0.323 e. The highest BCUT2D eigenvalue weighted by molar-refractivity contribution is 5.85. The molecule has 0 saturated carbocycles. The molecule has 0 radical (unpaired) electrons. The van der Waals surface area contributed by atoms with E-state index in [1.807, 2.05) is 38.2 Å². The highest BCUT2D eigenvalue weighted by Crippen LogP contribution is 2.14. The van der Waals surface area contributed by atoms with E-state index in [1.54, 1.807) is 0 Å². The van der Waals surface area contributed by atoms with E-state index in [1.165, 1.54) is 0 Å². The molecule has 0 bridgehead atoms. The summed E-state index contributed by atoms with van der Waals surface area (Å²) >= 11 is 0. The summed E-state index contributed by atoms with van der Waals surface area (Å²) in [5.41, 5.74) is 0. The molecule has 0 aromatic carbocycles. The van der Waals surface area contributed by atoms with Crippen molar-refractivity contribution >= 4 is 36.6 Å². The van der Waals surface area contributed by atoms with Gasteiger partial charge in [0.1, 0.15) is 11.9 Å². The van der Waals surface area contributed by atoms with E-state index in [-0.39, 0.29) is 42.3 Å². The van der Waals surface area contributed by atoms with Crippen LogP contribution in [0.2, 0.25) is 0 Å². The summed E-state index contributed by atoms with van der Waals surface area (Å²) < 4.78 is 5.06. The number of carbonyl (C=O) groups is 1. The van der Waals surface area contributed by atoms with E-state index in [0.717, 1.165) is 32.0 Å². The molecule has 8 heteroatoms. The van der Waals surface area contributed by atoms with Gasteiger partial charge in [-0.05, 0) is 26.0 Å². The van der Waals surface area contributed by atoms with Gasteiger partial charge in [0.15, 0.2) is 0 Å². The molecule has 128 valence electrons. The third kappa shape index (κ3) is 5.96. The molecule has 2 N–H and O–H groups in total. The number of esters is 1. The molecule has 0 spiro atoms. The van der Waals surface area contributed by atoms with Gasteiger partial charge >= 0.3 is 5.97 Å². The van der Waals surface area contributed by atoms with Crippen molar-refractivity contribution in [3.8, 4) is 0 Å². The van der Waals surface area contributed by atoms with Crippen molar-refractivity contribution in [2.75, 3.05) is 37.7 Å². The Morgan fingerprint density at radius 1 is 1.27 bits per heavy atom. The molecule has 1 atom stereocenters. The zero-order chi connectivity index (χ0) is 13.7. The van der Waals surface area contributed by atoms with Crippen molar-refractivity contribution in [2.24, 2.45) is 0 Å². The van der Waals surface area contributed by atoms with Gasteiger partial charge in [0, 0.05) is 32.4 Å². The molecule has 2 rings (SSSR count). The van der Waals surface area contributed by atoms with Crippen molar-refractivity contribution in [1.82, 2.24) is 9.88 Å². The van der Waals surface area contributed by atoms with Gasteiger partial charge < -0.3 is 15.1 Å². The van der Waals surface area contributed by atoms with E-state index in [4.69, 9.17) is 4.74 Å². The molecule has 6 nitrogen and oxygen atoms in total. The van der Waals surface area contributed by atoms with Gasteiger partial charge in [-0.25, -0.2) is 4.98 Å². The monoisotopic (exact) mass is 353 g/mol. The fourth-order valence-corrected chi connectivity index (χ4v) is 2.29. The lowest BCUT2D eigenvalue weighted by Gasteiger charge is -2.37. The fourth-order valence-electron chi connectivity index (χ4n) is 2.29. The normalized spacial score (nSPS) is 15.6. The minimum absolute atomic E-state index is 0. The van der Waals surface area contributed by atoms with Crippen LogP contribution < -0.4 is 4.90 Å². The van der Waals surface area contributed by atoms with Crippen LogP contribution in [0.1, 0.15) is 13.8 Å². The van der Waals surface area contributed by atoms with Crippen LogP contribution in [0, 0.1) is 0 Å². The lowest BCUT2D eigenvalue weighted by atomic mass is 10.2. The first kappa shape index (κ1) is 23.2. The molecule has 1 aromatic rings. The number of hydrogen-bond donors (Lipinski definition) is 0. The van der Waals surface area contributed by atoms with E-state index in [2.05, 4.69) is 14.8 Å². The summed E-state index contributed by atoms with van der Waals surface area (Å²) in [6.45, 7) is 7.68. The molecule has 1 fully saturated rings. The molecular formula is C14H25Cl2N3O3. The van der Waals surface area contributed by atoms with Crippen LogP contribution in [-0.4, -0.2) is 60.2 Å². The molecule has 1 aliphatic heterocycles. The Morgan fingerprint density at radius 3 is 2.41 bits per heavy atom. The largest absolute Gasteiger partial charge is 0.465 e. The van der Waals surface area contributed by atoms with Crippen LogP contribution in [-0.2, 0) is 9.53 Å². The summed E-state index contributed by atoms with van der Waals surface area (Å²) in [5, 5.41) is 0. The topological polar surface area (TPSA) is 77.2 Å². The number of halogens is 2. The number of piperazine rings is 1. The molecule has 1 saturated heterocycles. The van der Waals surface area contributed by atoms with Gasteiger partial charge in [0.05, 0.1) is 6.61 Å². The van der Waals surface area contributed by atoms with E-state index in [9.17, 15) is 4.79 Å². The predicted octanol–water partition coefficient (Wildman–Crippen LogP) is 1.17. The average Bonchev–Trinajstić information content (AvgIpc) is 2.48. The number of carbonyl (C=O) groups excluding carboxylic acids is 1. The Morgan fingerprint density at radius 2 is 1.91 bits per heavy atom. The minimum Gasteiger partial charge on any atom is -0.465 e. The number of ether oxygens (including phenoxy) is 1. The molecule has 2 heterocycles. The Labute approximate surface area is 144 Å². The van der Waals surface area contributed by atoms with Crippen LogP contribution in [0.25, 0.3) is 0 Å². The van der Waals surface area contributed by atoms with Crippen molar-refractivity contribution in [1.29, 1.82) is 0 Å². The number of anilines is 1. The predicted molar refractivity (Wildman–Crippen MR) is 92.2 cm³/mol. The number of aromatic nitrogens is 1. The van der Waals surface area contributed by atoms with Gasteiger partial charge in [-0.1, -0.05) is 6.07 Å². The third-order valence-corrected chi connectivity index (χ3v) is 3.46. The zero-order valence-electron chi connectivity index (χ0n) is 12.9. The highest BCUT2D eigenvalue weighted by atomic mass is 35.5. The van der Waals surface area contributed by atoms with Gasteiger partial charge in [-0.3, -0.25) is 9.69 Å². The minimum atomic E-state index is -0.161. The zero-order valence-corrected chi connectivity index (χ0v) is 14.5. The third-order valence-electron chi connectivity index (χ3n) is 3.46. The quantitative estimate of drug-likeness (QED) is 0.759. The van der Waals surface area contributed by atoms with Crippen LogP contribution in [0.4, 0.5) is 5.82 Å². The SMILES string of the molecule is CCOC(=O)C(C)N1CCN(c2ccccn2)CC1.Cl.Cl.O. The number of nitrogens with zero attached hydrogens (tertiary/aromatic N) is 3. The number of pyridine rings is 1. The summed E-state index contributed by atoms with van der Waals surface area (Å²) in [6.07, 6.45) is 1.81. The summed E-state index contributed by atoms with van der Waals surface area (Å²) in [4.78, 5) is 20.5. The molecule has 22 heavy (non-hydrogen) atoms. The van der Waals surface area contributed by atoms with Crippen molar-refractivity contribution in [3.05, 3.63) is 24.4 Å². The van der Waals surface area contributed by atoms with Gasteiger partial charge in [-0.2, -0.15) is 0 Å². The van der Waals surface area contributed by atoms with E-state index < -0.39 is 0 Å². The van der Waals surface area contributed by atoms with Gasteiger partial charge in [0.25, 0.3) is 0 Å². The molecule has 0 amide bonds. The van der Waals surface area contributed by atoms with E-state index >= 15 is 0 Å². The van der Waals surface area contributed by atoms with Crippen molar-refractivity contribution < 1.29 is 15.0 Å². The molecule has 1 aromatic heterocycles. The maximum atomic E-state index is 11.7. The Bertz CT molecular complexity index is 415. The standard InChI is InChI=1S/C14H21N3O2.2ClH.H2O/c1-3-19-14(18)12(2)16-8-10-17(11-9-16)13-6-4-5-7-15-13;;;/h4-7,12H,3,8-11H2,1-2H3;2*1H;1H2. The Kier molecular flexibility index (Phi) is 12.1. The first-order valence-electron chi connectivity index (χ1n) is 6.79. The summed E-state index contributed by atoms with van der Waals surface area (Å²) in [7, 11) is 0. The van der Waals surface area contributed by atoms with E-state index in [0.29, 0.717) is 6.61 Å². The molecular weight excluding hydrogens is 329 g/mol. The summed E-state index contributed by atoms with van der Waals surface area (Å²) in [5.74, 6) is 0.875. The molecule has 0 aliphatic carbocycles. The van der Waals surface area contributed by atoms with Crippen molar-refractivity contribution in [3.63, 3.8) is 0 Å². The average molecular weight is 354 g/mol. The van der Waals surface area contributed by atoms with Gasteiger partial charge in [0.2, 0.25) is 0 Å². The first-order chi connectivity index (χ1) is 9.22. The number of rotatable bonds is 4. The maximum absolute atomic E-state index is 11.7. The van der Waals surface area contributed by atoms with Gasteiger partial charge in [-0.15, -0.1) is 24.8 Å². The number of hydrogen-bond acceptors (Lipinski definition) is 5. The second kappa shape index (κ2) is 11.5. The fraction of sp³-hybridized carbons (Fsp3) is 0.571. The lowest BCUT2D eigenvalue weighted by Crippen LogP contribution is -2.52. The molecule has 1 unspecified atom stereocenters. The summed E-state index contributed by atoms with van der Waals surface area (Å²) in [6, 6.07) is 5.77. The second-order valence-electron chi connectivity index (χ2n) is 4.64. The highest BCUT2D eigenvalue weighted by Gasteiger charge is 2.26. The second-order valence-corrected chi connectivity index (χ2v) is 4.64. The van der Waals surface area contributed by atoms with Crippen LogP contribution in [0.15, 0.2) is 24.4 Å². The Hall–Kier alpha value is -1.08.